The Bertz CT molecular complexity index is 42.9. The molecule has 0 aliphatic heterocycles. The Balaban J connectivity index is 3.14. The molecule has 5 heavy (non-hydrogen) atoms. The second-order valence-electron chi connectivity index (χ2n) is 0.696. The molecule has 0 spiro atoms. The van der Waals surface area contributed by atoms with Crippen LogP contribution >= 0.6 is 31.9 Å². The van der Waals surface area contributed by atoms with Crippen LogP contribution in [0.1, 0.15) is 6.92 Å². The summed E-state index contributed by atoms with van der Waals surface area (Å²) in [6, 6.07) is 0. The van der Waals surface area contributed by atoms with Crippen molar-refractivity contribution in [2.24, 2.45) is 0 Å². The standard InChI is InChI=1S/C3H4Br2/c1-3(5)2-4/h2H,1H3. The summed E-state index contributed by atoms with van der Waals surface area (Å²) in [5.41, 5.74) is 0. The fraction of sp³-hybridized carbons (Fsp3) is 0.333. The van der Waals surface area contributed by atoms with E-state index in [0.717, 1.165) is 4.48 Å². The van der Waals surface area contributed by atoms with Gasteiger partial charge in [-0.25, -0.2) is 0 Å². The van der Waals surface area contributed by atoms with Crippen LogP contribution in [0.2, 0.25) is 0 Å². The SMILES string of the molecule is CC(Br)=CBr. The number of rotatable bonds is 0. The maximum absolute atomic E-state index is 3.19. The monoisotopic (exact) mass is 198 g/mol. The van der Waals surface area contributed by atoms with E-state index in [4.69, 9.17) is 0 Å². The van der Waals surface area contributed by atoms with Crippen LogP contribution in [-0.4, -0.2) is 0 Å². The van der Waals surface area contributed by atoms with Crippen molar-refractivity contribution >= 4 is 31.9 Å². The molecule has 0 N–H and O–H groups in total. The number of hydrogen-bond acceptors (Lipinski definition) is 0. The van der Waals surface area contributed by atoms with Gasteiger partial charge in [0.1, 0.15) is 0 Å². The van der Waals surface area contributed by atoms with Crippen molar-refractivity contribution in [3.8, 4) is 0 Å². The highest BCUT2D eigenvalue weighted by atomic mass is 79.9. The third-order valence-corrected chi connectivity index (χ3v) is 1.68. The molecule has 0 heterocycles. The molecule has 0 atom stereocenters. The van der Waals surface area contributed by atoms with Gasteiger partial charge in [0.15, 0.2) is 0 Å². The molecule has 0 aromatic rings. The molecule has 30 valence electrons. The minimum absolute atomic E-state index is 1.11. The fourth-order valence-electron chi connectivity index (χ4n) is 0. The molecule has 0 aromatic heterocycles. The predicted molar refractivity (Wildman–Crippen MR) is 31.6 cm³/mol. The third kappa shape index (κ3) is 4.70. The summed E-state index contributed by atoms with van der Waals surface area (Å²) in [7, 11) is 0. The minimum atomic E-state index is 1.11. The third-order valence-electron chi connectivity index (χ3n) is 0.150. The highest BCUT2D eigenvalue weighted by Gasteiger charge is 1.65. The van der Waals surface area contributed by atoms with Crippen molar-refractivity contribution in [2.45, 2.75) is 6.92 Å². The lowest BCUT2D eigenvalue weighted by atomic mass is 10.8. The molecule has 0 aliphatic rings. The Morgan fingerprint density at radius 1 is 1.80 bits per heavy atom. The van der Waals surface area contributed by atoms with Gasteiger partial charge in [-0.3, -0.25) is 0 Å². The van der Waals surface area contributed by atoms with Gasteiger partial charge in [0.2, 0.25) is 0 Å². The molecule has 0 saturated carbocycles. The van der Waals surface area contributed by atoms with Crippen LogP contribution < -0.4 is 0 Å². The fourth-order valence-corrected chi connectivity index (χ4v) is 0. The van der Waals surface area contributed by atoms with Crippen molar-refractivity contribution < 1.29 is 0 Å². The van der Waals surface area contributed by atoms with E-state index in [2.05, 4.69) is 31.9 Å². The van der Waals surface area contributed by atoms with E-state index in [1.54, 1.807) is 0 Å². The molecular formula is C3H4Br2. The molecule has 0 saturated heterocycles. The largest absolute Gasteiger partial charge is 0.0586 e. The lowest BCUT2D eigenvalue weighted by Crippen LogP contribution is -1.39. The summed E-state index contributed by atoms with van der Waals surface area (Å²) in [6.07, 6.45) is 0. The van der Waals surface area contributed by atoms with Gasteiger partial charge in [-0.2, -0.15) is 0 Å². The van der Waals surface area contributed by atoms with E-state index in [0.29, 0.717) is 0 Å². The maximum atomic E-state index is 3.19. The summed E-state index contributed by atoms with van der Waals surface area (Å²) in [5.74, 6) is 0. The topological polar surface area (TPSA) is 0 Å². The minimum Gasteiger partial charge on any atom is -0.0586 e. The molecule has 0 nitrogen and oxygen atoms in total. The van der Waals surface area contributed by atoms with Crippen molar-refractivity contribution in [2.75, 3.05) is 0 Å². The highest BCUT2D eigenvalue weighted by Crippen LogP contribution is 2.03. The van der Waals surface area contributed by atoms with Gasteiger partial charge in [-0.05, 0) is 16.4 Å². The highest BCUT2D eigenvalue weighted by molar-refractivity contribution is 9.14. The molecule has 0 aromatic carbocycles. The second kappa shape index (κ2) is 2.91. The van der Waals surface area contributed by atoms with Gasteiger partial charge in [-0.15, -0.1) is 0 Å². The lowest BCUT2D eigenvalue weighted by molar-refractivity contribution is 1.75. The first-order valence-electron chi connectivity index (χ1n) is 1.20. The normalized spacial score (nSPS) is 12.2. The summed E-state index contributed by atoms with van der Waals surface area (Å²) in [5, 5.41) is 0. The first-order valence-corrected chi connectivity index (χ1v) is 2.90. The molecular weight excluding hydrogens is 196 g/mol. The Kier molecular flexibility index (Phi) is 3.32. The number of allylic oxidation sites excluding steroid dienone is 1. The van der Waals surface area contributed by atoms with Crippen molar-refractivity contribution in [1.29, 1.82) is 0 Å². The van der Waals surface area contributed by atoms with E-state index in [-0.39, 0.29) is 0 Å². The molecule has 0 radical (unpaired) electrons. The average Bonchev–Trinajstić information content (AvgIpc) is 1.38. The van der Waals surface area contributed by atoms with Crippen LogP contribution in [-0.2, 0) is 0 Å². The van der Waals surface area contributed by atoms with E-state index in [1.807, 2.05) is 11.9 Å². The molecule has 0 aliphatic carbocycles. The molecule has 2 heteroatoms. The van der Waals surface area contributed by atoms with E-state index in [1.165, 1.54) is 0 Å². The van der Waals surface area contributed by atoms with E-state index in [9.17, 15) is 0 Å². The average molecular weight is 200 g/mol. The Hall–Kier alpha value is 0.700. The van der Waals surface area contributed by atoms with Gasteiger partial charge in [0, 0.05) is 0 Å². The first kappa shape index (κ1) is 5.70. The number of hydrogen-bond donors (Lipinski definition) is 0. The quantitative estimate of drug-likeness (QED) is 0.563. The first-order chi connectivity index (χ1) is 2.27. The number of halogens is 2. The van der Waals surface area contributed by atoms with Crippen LogP contribution in [0.3, 0.4) is 0 Å². The smallest absolute Gasteiger partial charge is 0.00113 e. The van der Waals surface area contributed by atoms with Crippen molar-refractivity contribution in [3.63, 3.8) is 0 Å². The molecule has 0 rings (SSSR count). The van der Waals surface area contributed by atoms with Crippen LogP contribution in [0.4, 0.5) is 0 Å². The second-order valence-corrected chi connectivity index (χ2v) is 2.40. The summed E-state index contributed by atoms with van der Waals surface area (Å²) >= 11 is 6.29. The Labute approximate surface area is 48.5 Å². The van der Waals surface area contributed by atoms with Crippen LogP contribution in [0, 0.1) is 0 Å². The summed E-state index contributed by atoms with van der Waals surface area (Å²) < 4.78 is 1.11. The molecule has 0 fully saturated rings. The van der Waals surface area contributed by atoms with E-state index >= 15 is 0 Å². The zero-order valence-corrected chi connectivity index (χ0v) is 6.01. The molecule has 0 bridgehead atoms. The van der Waals surface area contributed by atoms with Gasteiger partial charge >= 0.3 is 0 Å². The van der Waals surface area contributed by atoms with Crippen molar-refractivity contribution in [3.05, 3.63) is 9.47 Å². The lowest BCUT2D eigenvalue weighted by Gasteiger charge is -1.69. The van der Waals surface area contributed by atoms with Gasteiger partial charge in [-0.1, -0.05) is 31.9 Å². The summed E-state index contributed by atoms with van der Waals surface area (Å²) in [4.78, 5) is 1.81. The Morgan fingerprint density at radius 2 is 2.00 bits per heavy atom. The van der Waals surface area contributed by atoms with Crippen molar-refractivity contribution in [1.82, 2.24) is 0 Å². The zero-order valence-electron chi connectivity index (χ0n) is 2.83. The van der Waals surface area contributed by atoms with Gasteiger partial charge < -0.3 is 0 Å². The van der Waals surface area contributed by atoms with Crippen LogP contribution in [0.25, 0.3) is 0 Å². The molecule has 0 unspecified atom stereocenters. The maximum Gasteiger partial charge on any atom is -0.00113 e. The zero-order chi connectivity index (χ0) is 4.28. The predicted octanol–water partition coefficient (Wildman–Crippen LogP) is 2.64. The van der Waals surface area contributed by atoms with Gasteiger partial charge in [0.05, 0.1) is 0 Å². The van der Waals surface area contributed by atoms with Gasteiger partial charge in [0.25, 0.3) is 0 Å². The van der Waals surface area contributed by atoms with E-state index < -0.39 is 0 Å². The summed E-state index contributed by atoms with van der Waals surface area (Å²) in [6.45, 7) is 1.95. The van der Waals surface area contributed by atoms with Crippen LogP contribution in [0.15, 0.2) is 9.47 Å². The molecule has 0 amide bonds. The van der Waals surface area contributed by atoms with Crippen LogP contribution in [0.5, 0.6) is 0 Å². The Morgan fingerprint density at radius 3 is 2.00 bits per heavy atom.